The molecule has 0 radical (unpaired) electrons. The highest BCUT2D eigenvalue weighted by molar-refractivity contribution is 7.98. The number of thioether (sulfide) groups is 1. The predicted molar refractivity (Wildman–Crippen MR) is 121 cm³/mol. The third-order valence-electron chi connectivity index (χ3n) is 5.31. The zero-order chi connectivity index (χ0) is 21.7. The molecule has 1 aliphatic heterocycles. The first-order valence-electron chi connectivity index (χ1n) is 10.2. The number of nitrogens with zero attached hydrogens (tertiary/aromatic N) is 2. The van der Waals surface area contributed by atoms with Gasteiger partial charge in [0.25, 0.3) is 5.91 Å². The van der Waals surface area contributed by atoms with Crippen LogP contribution >= 0.6 is 11.8 Å². The summed E-state index contributed by atoms with van der Waals surface area (Å²) in [5.41, 5.74) is 4.94. The quantitative estimate of drug-likeness (QED) is 0.560. The Morgan fingerprint density at radius 1 is 1.30 bits per heavy atom. The van der Waals surface area contributed by atoms with Gasteiger partial charge in [0.15, 0.2) is 0 Å². The summed E-state index contributed by atoms with van der Waals surface area (Å²) in [7, 11) is 0. The molecule has 1 aromatic carbocycles. The minimum Gasteiger partial charge on any atom is -0.348 e. The molecule has 0 bridgehead atoms. The smallest absolute Gasteiger partial charge is 0.252 e. The number of pyridine rings is 1. The Morgan fingerprint density at radius 3 is 2.80 bits per heavy atom. The number of fused-ring (bicyclic) bond motifs is 1. The predicted octanol–water partition coefficient (Wildman–Crippen LogP) is 4.14. The monoisotopic (exact) mass is 423 g/mol. The van der Waals surface area contributed by atoms with Crippen LogP contribution in [0.4, 0.5) is 0 Å². The average Bonchev–Trinajstić information content (AvgIpc) is 2.76. The molecule has 0 unspecified atom stereocenters. The van der Waals surface area contributed by atoms with Gasteiger partial charge in [-0.3, -0.25) is 14.6 Å². The lowest BCUT2D eigenvalue weighted by Gasteiger charge is -2.30. The first kappa shape index (κ1) is 22.1. The van der Waals surface area contributed by atoms with Gasteiger partial charge in [0.1, 0.15) is 0 Å². The van der Waals surface area contributed by atoms with Crippen LogP contribution in [0.25, 0.3) is 0 Å². The summed E-state index contributed by atoms with van der Waals surface area (Å²) in [6, 6.07) is 7.62. The Bertz CT molecular complexity index is 969. The molecule has 1 N–H and O–H groups in total. The van der Waals surface area contributed by atoms with Gasteiger partial charge in [-0.25, -0.2) is 0 Å². The fraction of sp³-hybridized carbons (Fsp3) is 0.375. The van der Waals surface area contributed by atoms with E-state index in [0.717, 1.165) is 28.1 Å². The molecule has 5 nitrogen and oxygen atoms in total. The van der Waals surface area contributed by atoms with Crippen LogP contribution in [-0.2, 0) is 24.3 Å². The summed E-state index contributed by atoms with van der Waals surface area (Å²) in [6.07, 6.45) is 8.20. The molecule has 2 aromatic rings. The minimum atomic E-state index is -0.0802. The summed E-state index contributed by atoms with van der Waals surface area (Å²) in [5.74, 6) is 0.309. The van der Waals surface area contributed by atoms with Gasteiger partial charge in [0.2, 0.25) is 5.91 Å². The van der Waals surface area contributed by atoms with Gasteiger partial charge >= 0.3 is 0 Å². The number of rotatable bonds is 6. The van der Waals surface area contributed by atoms with E-state index in [2.05, 4.69) is 24.1 Å². The van der Waals surface area contributed by atoms with Crippen molar-refractivity contribution in [1.29, 1.82) is 0 Å². The van der Waals surface area contributed by atoms with E-state index in [1.54, 1.807) is 17.8 Å². The van der Waals surface area contributed by atoms with Crippen molar-refractivity contribution in [1.82, 2.24) is 15.2 Å². The van der Waals surface area contributed by atoms with E-state index in [9.17, 15) is 9.59 Å². The maximum Gasteiger partial charge on any atom is 0.252 e. The van der Waals surface area contributed by atoms with Gasteiger partial charge in [-0.05, 0) is 60.4 Å². The highest BCUT2D eigenvalue weighted by atomic mass is 32.2. The van der Waals surface area contributed by atoms with E-state index >= 15 is 0 Å². The Kier molecular flexibility index (Phi) is 7.32. The zero-order valence-corrected chi connectivity index (χ0v) is 18.9. The summed E-state index contributed by atoms with van der Waals surface area (Å²) in [6.45, 7) is 7.75. The maximum atomic E-state index is 12.7. The Morgan fingerprint density at radius 2 is 2.07 bits per heavy atom. The molecule has 2 amide bonds. The molecule has 1 aromatic heterocycles. The molecule has 158 valence electrons. The normalized spacial score (nSPS) is 13.6. The SMILES string of the molecule is CSc1ccccc1C(=O)NCc1c(C)ncc2c1CCN(C(=O)C=CC(C)C)C2. The van der Waals surface area contributed by atoms with Gasteiger partial charge in [0, 0.05) is 36.4 Å². The van der Waals surface area contributed by atoms with E-state index in [4.69, 9.17) is 0 Å². The van der Waals surface area contributed by atoms with Crippen LogP contribution in [-0.4, -0.2) is 34.5 Å². The van der Waals surface area contributed by atoms with Crippen molar-refractivity contribution in [2.24, 2.45) is 5.92 Å². The Labute approximate surface area is 183 Å². The van der Waals surface area contributed by atoms with Crippen LogP contribution < -0.4 is 5.32 Å². The number of benzene rings is 1. The molecule has 30 heavy (non-hydrogen) atoms. The summed E-state index contributed by atoms with van der Waals surface area (Å²) in [5, 5.41) is 3.06. The van der Waals surface area contributed by atoms with Crippen LogP contribution in [0, 0.1) is 12.8 Å². The minimum absolute atomic E-state index is 0.0402. The number of allylic oxidation sites excluding steroid dienone is 1. The molecule has 0 spiro atoms. The van der Waals surface area contributed by atoms with Crippen molar-refractivity contribution in [2.75, 3.05) is 12.8 Å². The number of aryl methyl sites for hydroxylation is 1. The molecule has 3 rings (SSSR count). The number of carbonyl (C=O) groups excluding carboxylic acids is 2. The second kappa shape index (κ2) is 9.94. The third-order valence-corrected chi connectivity index (χ3v) is 6.10. The van der Waals surface area contributed by atoms with Crippen molar-refractivity contribution >= 4 is 23.6 Å². The van der Waals surface area contributed by atoms with Gasteiger partial charge in [-0.1, -0.05) is 32.1 Å². The van der Waals surface area contributed by atoms with Crippen LogP contribution in [0.2, 0.25) is 0 Å². The Balaban J connectivity index is 1.74. The molecule has 0 atom stereocenters. The van der Waals surface area contributed by atoms with Crippen LogP contribution in [0.1, 0.15) is 46.6 Å². The van der Waals surface area contributed by atoms with Crippen LogP contribution in [0.15, 0.2) is 47.5 Å². The molecule has 2 heterocycles. The van der Waals surface area contributed by atoms with Crippen LogP contribution in [0.5, 0.6) is 0 Å². The van der Waals surface area contributed by atoms with E-state index in [1.807, 2.05) is 54.6 Å². The molecule has 0 saturated heterocycles. The van der Waals surface area contributed by atoms with E-state index < -0.39 is 0 Å². The van der Waals surface area contributed by atoms with Gasteiger partial charge < -0.3 is 10.2 Å². The molecule has 0 saturated carbocycles. The third kappa shape index (κ3) is 5.11. The number of hydrogen-bond donors (Lipinski definition) is 1. The summed E-state index contributed by atoms with van der Waals surface area (Å²) < 4.78 is 0. The van der Waals surface area contributed by atoms with E-state index in [-0.39, 0.29) is 11.8 Å². The zero-order valence-electron chi connectivity index (χ0n) is 18.1. The second-order valence-electron chi connectivity index (χ2n) is 7.82. The van der Waals surface area contributed by atoms with Crippen molar-refractivity contribution < 1.29 is 9.59 Å². The largest absolute Gasteiger partial charge is 0.348 e. The van der Waals surface area contributed by atoms with Gasteiger partial charge in [-0.2, -0.15) is 0 Å². The number of hydrogen-bond acceptors (Lipinski definition) is 4. The van der Waals surface area contributed by atoms with Crippen molar-refractivity contribution in [3.8, 4) is 0 Å². The van der Waals surface area contributed by atoms with Crippen molar-refractivity contribution in [2.45, 2.75) is 45.2 Å². The first-order valence-corrected chi connectivity index (χ1v) is 11.5. The summed E-state index contributed by atoms with van der Waals surface area (Å²) >= 11 is 1.56. The number of amides is 2. The van der Waals surface area contributed by atoms with Gasteiger partial charge in [-0.15, -0.1) is 11.8 Å². The first-order chi connectivity index (χ1) is 14.4. The fourth-order valence-electron chi connectivity index (χ4n) is 3.62. The molecule has 6 heteroatoms. The highest BCUT2D eigenvalue weighted by Crippen LogP contribution is 2.25. The molecular weight excluding hydrogens is 394 g/mol. The average molecular weight is 424 g/mol. The fourth-order valence-corrected chi connectivity index (χ4v) is 4.22. The number of nitrogens with one attached hydrogen (secondary N) is 1. The molecular formula is C24H29N3O2S. The number of aromatic nitrogens is 1. The van der Waals surface area contributed by atoms with Crippen molar-refractivity contribution in [3.05, 3.63) is 70.6 Å². The molecule has 1 aliphatic rings. The lowest BCUT2D eigenvalue weighted by molar-refractivity contribution is -0.126. The van der Waals surface area contributed by atoms with Crippen molar-refractivity contribution in [3.63, 3.8) is 0 Å². The standard InChI is InChI=1S/C24H29N3O2S/c1-16(2)9-10-23(28)27-12-11-19-18(15-27)13-25-17(3)21(19)14-26-24(29)20-7-5-6-8-22(20)30-4/h5-10,13,16H,11-12,14-15H2,1-4H3,(H,26,29). The number of carbonyl (C=O) groups is 2. The van der Waals surface area contributed by atoms with Crippen LogP contribution in [0.3, 0.4) is 0 Å². The van der Waals surface area contributed by atoms with E-state index in [1.165, 1.54) is 5.56 Å². The topological polar surface area (TPSA) is 62.3 Å². The Hall–Kier alpha value is -2.60. The lowest BCUT2D eigenvalue weighted by Crippen LogP contribution is -2.36. The summed E-state index contributed by atoms with van der Waals surface area (Å²) in [4.78, 5) is 32.5. The highest BCUT2D eigenvalue weighted by Gasteiger charge is 2.23. The molecule has 0 fully saturated rings. The maximum absolute atomic E-state index is 12.7. The second-order valence-corrected chi connectivity index (χ2v) is 8.67. The van der Waals surface area contributed by atoms with Gasteiger partial charge in [0.05, 0.1) is 5.56 Å². The lowest BCUT2D eigenvalue weighted by atomic mass is 9.94. The molecule has 0 aliphatic carbocycles. The van der Waals surface area contributed by atoms with E-state index in [0.29, 0.717) is 31.1 Å².